The molecular weight excluding hydrogens is 451 g/mol. The Morgan fingerprint density at radius 2 is 2.06 bits per heavy atom. The molecule has 1 saturated heterocycles. The van der Waals surface area contributed by atoms with Crippen LogP contribution in [-0.2, 0) is 22.1 Å². The lowest BCUT2D eigenvalue weighted by Gasteiger charge is -2.43. The summed E-state index contributed by atoms with van der Waals surface area (Å²) >= 11 is 0. The number of rotatable bonds is 7. The first-order valence-electron chi connectivity index (χ1n) is 12.1. The molecule has 188 valence electrons. The summed E-state index contributed by atoms with van der Waals surface area (Å²) in [6.07, 6.45) is 3.80. The van der Waals surface area contributed by atoms with Crippen LogP contribution in [0, 0.1) is 23.2 Å². The topological polar surface area (TPSA) is 108 Å². The summed E-state index contributed by atoms with van der Waals surface area (Å²) < 4.78 is 46.5. The Morgan fingerprint density at radius 3 is 2.68 bits per heavy atom. The van der Waals surface area contributed by atoms with Gasteiger partial charge in [0.05, 0.1) is 18.5 Å². The summed E-state index contributed by atoms with van der Waals surface area (Å²) in [7, 11) is 1.69. The Labute approximate surface area is 196 Å². The monoisotopic (exact) mass is 483 g/mol. The predicted molar refractivity (Wildman–Crippen MR) is 115 cm³/mol. The molecule has 2 amide bonds. The third-order valence-electron chi connectivity index (χ3n) is 8.68. The molecule has 3 saturated carbocycles. The van der Waals surface area contributed by atoms with E-state index < -0.39 is 35.3 Å². The highest BCUT2D eigenvalue weighted by molar-refractivity contribution is 5.96. The van der Waals surface area contributed by atoms with Gasteiger partial charge in [0.1, 0.15) is 23.7 Å². The van der Waals surface area contributed by atoms with Crippen molar-refractivity contribution in [2.75, 3.05) is 20.1 Å². The number of nitrogens with zero attached hydrogens (tertiary/aromatic N) is 1. The van der Waals surface area contributed by atoms with Crippen LogP contribution < -0.4 is 21.3 Å². The van der Waals surface area contributed by atoms with Crippen LogP contribution in [0.15, 0.2) is 10.7 Å². The maximum Gasteiger partial charge on any atom is 0.290 e. The minimum absolute atomic E-state index is 0.0161. The number of likely N-dealkylation sites (N-methyl/N-ethyl adjacent to an activating group) is 1. The van der Waals surface area contributed by atoms with Crippen molar-refractivity contribution in [3.8, 4) is 0 Å². The normalized spacial score (nSPS) is 36.0. The van der Waals surface area contributed by atoms with Crippen LogP contribution in [-0.4, -0.2) is 54.7 Å². The highest BCUT2D eigenvalue weighted by atomic mass is 19.3. The van der Waals surface area contributed by atoms with Crippen LogP contribution in [0.1, 0.15) is 50.6 Å². The van der Waals surface area contributed by atoms with Crippen molar-refractivity contribution in [2.24, 2.45) is 23.2 Å². The van der Waals surface area contributed by atoms with Gasteiger partial charge in [-0.2, -0.15) is 8.78 Å². The van der Waals surface area contributed by atoms with Crippen LogP contribution in [0.4, 0.5) is 13.2 Å². The number of aromatic nitrogens is 1. The molecule has 1 aliphatic heterocycles. The third-order valence-corrected chi connectivity index (χ3v) is 8.68. The second-order valence-electron chi connectivity index (χ2n) is 10.4. The van der Waals surface area contributed by atoms with Crippen molar-refractivity contribution >= 4 is 11.8 Å². The van der Waals surface area contributed by atoms with E-state index in [4.69, 9.17) is 4.42 Å². The predicted octanol–water partition coefficient (Wildman–Crippen LogP) is 1.61. The fraction of sp³-hybridized carbons (Fsp3) is 0.783. The lowest BCUT2D eigenvalue weighted by atomic mass is 9.71. The summed E-state index contributed by atoms with van der Waals surface area (Å²) in [4.78, 5) is 31.1. The third kappa shape index (κ3) is 3.54. The Balaban J connectivity index is 1.37. The average molecular weight is 484 g/mol. The van der Waals surface area contributed by atoms with Crippen LogP contribution in [0.3, 0.4) is 0 Å². The zero-order valence-electron chi connectivity index (χ0n) is 19.4. The second-order valence-corrected chi connectivity index (χ2v) is 10.4. The van der Waals surface area contributed by atoms with E-state index in [1.165, 1.54) is 0 Å². The van der Waals surface area contributed by atoms with Gasteiger partial charge in [-0.05, 0) is 62.9 Å². The molecule has 4 aliphatic rings. The molecule has 0 aromatic carbocycles. The molecule has 2 heterocycles. The molecule has 0 radical (unpaired) electrons. The Hall–Kier alpha value is -2.14. The number of halogens is 3. The summed E-state index contributed by atoms with van der Waals surface area (Å²) in [5, 5.41) is 11.9. The number of hydrogen-bond donors (Lipinski definition) is 4. The molecule has 1 aromatic heterocycles. The van der Waals surface area contributed by atoms with Gasteiger partial charge in [0, 0.05) is 13.5 Å². The van der Waals surface area contributed by atoms with Crippen molar-refractivity contribution < 1.29 is 27.2 Å². The average Bonchev–Trinajstić information content (AvgIpc) is 3.19. The SMILES string of the molecule is CNC1(C(=O)NC2CCNCC2F)C(C(=O)NCc2nc(C(C)(F)F)co2)C2CCC1C21CC1. The van der Waals surface area contributed by atoms with Crippen molar-refractivity contribution in [1.29, 1.82) is 0 Å². The van der Waals surface area contributed by atoms with E-state index in [1.807, 2.05) is 0 Å². The molecule has 1 aromatic rings. The molecule has 11 heteroatoms. The number of hydrogen-bond acceptors (Lipinski definition) is 6. The van der Waals surface area contributed by atoms with E-state index in [2.05, 4.69) is 26.3 Å². The Kier molecular flexibility index (Phi) is 5.70. The van der Waals surface area contributed by atoms with Crippen molar-refractivity contribution in [3.63, 3.8) is 0 Å². The largest absolute Gasteiger partial charge is 0.447 e. The van der Waals surface area contributed by atoms with Gasteiger partial charge >= 0.3 is 0 Å². The van der Waals surface area contributed by atoms with Gasteiger partial charge in [-0.15, -0.1) is 0 Å². The number of amides is 2. The van der Waals surface area contributed by atoms with Crippen molar-refractivity contribution in [3.05, 3.63) is 17.8 Å². The molecule has 4 N–H and O–H groups in total. The molecule has 5 rings (SSSR count). The van der Waals surface area contributed by atoms with Crippen LogP contribution in [0.25, 0.3) is 0 Å². The number of nitrogens with one attached hydrogen (secondary N) is 4. The minimum Gasteiger partial charge on any atom is -0.447 e. The summed E-state index contributed by atoms with van der Waals surface area (Å²) in [6.45, 7) is 1.37. The first-order valence-corrected chi connectivity index (χ1v) is 12.1. The number of carbonyl (C=O) groups is 2. The maximum absolute atomic E-state index is 14.5. The molecular formula is C23H32F3N5O3. The first kappa shape index (κ1) is 23.6. The standard InChI is InChI=1S/C23H32F3N5O3/c1-21(25,26)16-11-34-17(31-16)10-29-19(32)18-12-3-4-15(22(12)6-7-22)23(18,27-2)20(33)30-14-5-8-28-9-13(14)24/h11-15,18,27-28H,3-10H2,1-2H3,(H,29,32)(H,30,33). The van der Waals surface area contributed by atoms with Gasteiger partial charge in [0.2, 0.25) is 17.7 Å². The van der Waals surface area contributed by atoms with E-state index in [9.17, 15) is 22.8 Å². The van der Waals surface area contributed by atoms with Gasteiger partial charge < -0.3 is 25.7 Å². The van der Waals surface area contributed by atoms with E-state index in [-0.39, 0.29) is 48.0 Å². The van der Waals surface area contributed by atoms with E-state index >= 15 is 0 Å². The molecule has 4 fully saturated rings. The van der Waals surface area contributed by atoms with E-state index in [0.717, 1.165) is 38.9 Å². The van der Waals surface area contributed by atoms with Crippen LogP contribution in [0.5, 0.6) is 0 Å². The Morgan fingerprint density at radius 1 is 1.29 bits per heavy atom. The summed E-state index contributed by atoms with van der Waals surface area (Å²) in [5.74, 6) is -4.47. The molecule has 6 atom stereocenters. The van der Waals surface area contributed by atoms with Gasteiger partial charge in [-0.25, -0.2) is 9.37 Å². The highest BCUT2D eigenvalue weighted by Gasteiger charge is 2.77. The highest BCUT2D eigenvalue weighted by Crippen LogP contribution is 2.75. The molecule has 8 nitrogen and oxygen atoms in total. The quantitative estimate of drug-likeness (QED) is 0.470. The van der Waals surface area contributed by atoms with Gasteiger partial charge in [-0.3, -0.25) is 9.59 Å². The Bertz CT molecular complexity index is 962. The fourth-order valence-electron chi connectivity index (χ4n) is 7.03. The molecule has 34 heavy (non-hydrogen) atoms. The van der Waals surface area contributed by atoms with Crippen LogP contribution >= 0.6 is 0 Å². The smallest absolute Gasteiger partial charge is 0.290 e. The zero-order valence-corrected chi connectivity index (χ0v) is 19.4. The van der Waals surface area contributed by atoms with Gasteiger partial charge in [-0.1, -0.05) is 0 Å². The van der Waals surface area contributed by atoms with E-state index in [0.29, 0.717) is 13.0 Å². The lowest BCUT2D eigenvalue weighted by molar-refractivity contribution is -0.141. The number of oxazole rings is 1. The fourth-order valence-corrected chi connectivity index (χ4v) is 7.03. The number of carbonyl (C=O) groups excluding carboxylic acids is 2. The minimum atomic E-state index is -3.14. The van der Waals surface area contributed by atoms with Crippen molar-refractivity contribution in [1.82, 2.24) is 26.3 Å². The summed E-state index contributed by atoms with van der Waals surface area (Å²) in [5.41, 5.74) is -1.70. The molecule has 1 spiro atoms. The van der Waals surface area contributed by atoms with E-state index in [1.54, 1.807) is 7.05 Å². The van der Waals surface area contributed by atoms with Gasteiger partial charge in [0.25, 0.3) is 5.92 Å². The number of alkyl halides is 3. The number of piperidine rings is 1. The maximum atomic E-state index is 14.5. The molecule has 6 unspecified atom stereocenters. The lowest BCUT2D eigenvalue weighted by Crippen LogP contribution is -2.68. The first-order chi connectivity index (χ1) is 16.1. The zero-order chi connectivity index (χ0) is 24.3. The second kappa shape index (κ2) is 8.22. The summed E-state index contributed by atoms with van der Waals surface area (Å²) in [6, 6.07) is -0.599. The van der Waals surface area contributed by atoms with Gasteiger partial charge in [0.15, 0.2) is 0 Å². The molecule has 3 aliphatic carbocycles. The van der Waals surface area contributed by atoms with Crippen LogP contribution in [0.2, 0.25) is 0 Å². The molecule has 2 bridgehead atoms. The van der Waals surface area contributed by atoms with Crippen molar-refractivity contribution in [2.45, 2.75) is 69.2 Å².